The maximum Gasteiger partial charge on any atom is 0.137 e. The van der Waals surface area contributed by atoms with E-state index in [1.807, 2.05) is 0 Å². The minimum Gasteiger partial charge on any atom is -0.271 e. The van der Waals surface area contributed by atoms with E-state index in [0.717, 1.165) is 0 Å². The van der Waals surface area contributed by atoms with Gasteiger partial charge in [0.25, 0.3) is 0 Å². The van der Waals surface area contributed by atoms with Crippen LogP contribution in [0.5, 0.6) is 0 Å². The molecular weight excluding hydrogens is 345 g/mol. The van der Waals surface area contributed by atoms with Gasteiger partial charge in [0.2, 0.25) is 0 Å². The van der Waals surface area contributed by atoms with E-state index in [2.05, 4.69) is 21.4 Å². The number of hydrogen-bond donors (Lipinski definition) is 2. The van der Waals surface area contributed by atoms with Gasteiger partial charge in [0, 0.05) is 5.56 Å². The van der Waals surface area contributed by atoms with Crippen molar-refractivity contribution in [1.82, 2.24) is 5.43 Å². The molecule has 0 aliphatic heterocycles. The number of benzene rings is 2. The summed E-state index contributed by atoms with van der Waals surface area (Å²) >= 11 is 3.13. The molecule has 2 rings (SSSR count). The van der Waals surface area contributed by atoms with E-state index in [4.69, 9.17) is 5.84 Å². The van der Waals surface area contributed by atoms with Crippen LogP contribution in [0.4, 0.5) is 13.2 Å². The van der Waals surface area contributed by atoms with Crippen molar-refractivity contribution >= 4 is 15.9 Å². The van der Waals surface area contributed by atoms with Crippen LogP contribution in [-0.4, -0.2) is 0 Å². The normalized spacial score (nSPS) is 12.5. The highest BCUT2D eigenvalue weighted by atomic mass is 79.9. The molecule has 0 bridgehead atoms. The predicted octanol–water partition coefficient (Wildman–Crippen LogP) is 3.92. The van der Waals surface area contributed by atoms with E-state index < -0.39 is 23.5 Å². The van der Waals surface area contributed by atoms with Crippen molar-refractivity contribution < 1.29 is 13.2 Å². The number of nitrogens with two attached hydrogens (primary N) is 1. The van der Waals surface area contributed by atoms with Crippen LogP contribution in [0.2, 0.25) is 0 Å². The van der Waals surface area contributed by atoms with Gasteiger partial charge in [-0.15, -0.1) is 0 Å². The Balaban J connectivity index is 2.42. The third-order valence-corrected chi connectivity index (χ3v) is 4.21. The molecule has 0 saturated carbocycles. The first-order valence-electron chi connectivity index (χ1n) is 6.29. The summed E-state index contributed by atoms with van der Waals surface area (Å²) in [6.45, 7) is 1.55. The molecule has 2 nitrogen and oxygen atoms in total. The summed E-state index contributed by atoms with van der Waals surface area (Å²) in [4.78, 5) is 0. The fourth-order valence-corrected chi connectivity index (χ4v) is 2.59. The minimum atomic E-state index is -0.803. The summed E-state index contributed by atoms with van der Waals surface area (Å²) in [6.07, 6.45) is 0.145. The van der Waals surface area contributed by atoms with Crippen molar-refractivity contribution in [3.05, 3.63) is 68.9 Å². The van der Waals surface area contributed by atoms with Crippen molar-refractivity contribution in [2.45, 2.75) is 19.4 Å². The van der Waals surface area contributed by atoms with E-state index in [1.165, 1.54) is 24.3 Å². The Labute approximate surface area is 129 Å². The number of halogens is 4. The third kappa shape index (κ3) is 3.28. The van der Waals surface area contributed by atoms with Crippen LogP contribution in [-0.2, 0) is 6.42 Å². The predicted molar refractivity (Wildman–Crippen MR) is 79.0 cm³/mol. The van der Waals surface area contributed by atoms with Crippen molar-refractivity contribution in [3.63, 3.8) is 0 Å². The van der Waals surface area contributed by atoms with Gasteiger partial charge in [-0.2, -0.15) is 0 Å². The Bertz CT molecular complexity index is 662. The average Bonchev–Trinajstić information content (AvgIpc) is 2.46. The lowest BCUT2D eigenvalue weighted by Crippen LogP contribution is -2.31. The zero-order valence-electron chi connectivity index (χ0n) is 11.3. The zero-order valence-corrected chi connectivity index (χ0v) is 12.8. The molecule has 0 saturated heterocycles. The number of aryl methyl sites for hydroxylation is 1. The van der Waals surface area contributed by atoms with Crippen molar-refractivity contribution in [2.75, 3.05) is 0 Å². The molecule has 1 unspecified atom stereocenters. The van der Waals surface area contributed by atoms with Gasteiger partial charge in [-0.1, -0.05) is 18.2 Å². The second kappa shape index (κ2) is 6.60. The minimum absolute atomic E-state index is 0.145. The lowest BCUT2D eigenvalue weighted by molar-refractivity contribution is 0.469. The maximum absolute atomic E-state index is 14.2. The Morgan fingerprint density at radius 3 is 2.52 bits per heavy atom. The molecule has 0 heterocycles. The van der Waals surface area contributed by atoms with Crippen LogP contribution < -0.4 is 11.3 Å². The first-order chi connectivity index (χ1) is 9.95. The quantitative estimate of drug-likeness (QED) is 0.642. The molecule has 1 atom stereocenters. The summed E-state index contributed by atoms with van der Waals surface area (Å²) in [7, 11) is 0. The molecule has 0 spiro atoms. The van der Waals surface area contributed by atoms with Crippen LogP contribution in [0, 0.1) is 24.4 Å². The highest BCUT2D eigenvalue weighted by molar-refractivity contribution is 9.10. The topological polar surface area (TPSA) is 38.0 Å². The fourth-order valence-electron chi connectivity index (χ4n) is 2.17. The number of rotatable bonds is 4. The smallest absolute Gasteiger partial charge is 0.137 e. The summed E-state index contributed by atoms with van der Waals surface area (Å²) in [5, 5.41) is 0. The molecule has 0 amide bonds. The van der Waals surface area contributed by atoms with E-state index in [1.54, 1.807) is 13.0 Å². The highest BCUT2D eigenvalue weighted by Gasteiger charge is 2.22. The molecule has 0 aliphatic carbocycles. The summed E-state index contributed by atoms with van der Waals surface area (Å²) < 4.78 is 41.9. The number of hydrazine groups is 1. The first-order valence-corrected chi connectivity index (χ1v) is 7.08. The Kier molecular flexibility index (Phi) is 5.03. The standard InChI is InChI=1S/C15H14BrF3N2/c1-8-5-6-10(17)13(15(8)19)12(21-20)7-9-3-2-4-11(18)14(9)16/h2-6,12,21H,7,20H2,1H3. The number of nitrogens with one attached hydrogen (secondary N) is 1. The molecule has 0 aromatic heterocycles. The molecule has 112 valence electrons. The molecule has 2 aromatic rings. The Hall–Kier alpha value is -1.37. The van der Waals surface area contributed by atoms with Crippen molar-refractivity contribution in [2.24, 2.45) is 5.84 Å². The Morgan fingerprint density at radius 1 is 1.14 bits per heavy atom. The summed E-state index contributed by atoms with van der Waals surface area (Å²) in [6, 6.07) is 6.25. The van der Waals surface area contributed by atoms with Gasteiger partial charge in [0.15, 0.2) is 0 Å². The monoisotopic (exact) mass is 358 g/mol. The fraction of sp³-hybridized carbons (Fsp3) is 0.200. The van der Waals surface area contributed by atoms with Gasteiger partial charge in [0.1, 0.15) is 17.5 Å². The molecular formula is C15H14BrF3N2. The second-order valence-corrected chi connectivity index (χ2v) is 5.52. The molecule has 3 N–H and O–H groups in total. The largest absolute Gasteiger partial charge is 0.271 e. The van der Waals surface area contributed by atoms with E-state index in [0.29, 0.717) is 11.1 Å². The lowest BCUT2D eigenvalue weighted by atomic mass is 9.96. The lowest BCUT2D eigenvalue weighted by Gasteiger charge is -2.19. The molecule has 0 radical (unpaired) electrons. The third-order valence-electron chi connectivity index (χ3n) is 3.32. The SMILES string of the molecule is Cc1ccc(F)c(C(Cc2cccc(F)c2Br)NN)c1F. The van der Waals surface area contributed by atoms with E-state index >= 15 is 0 Å². The van der Waals surface area contributed by atoms with E-state index in [9.17, 15) is 13.2 Å². The van der Waals surface area contributed by atoms with Gasteiger partial charge in [-0.25, -0.2) is 13.2 Å². The molecule has 0 fully saturated rings. The van der Waals surface area contributed by atoms with Gasteiger partial charge < -0.3 is 0 Å². The van der Waals surface area contributed by atoms with E-state index in [-0.39, 0.29) is 16.5 Å². The first kappa shape index (κ1) is 16.0. The van der Waals surface area contributed by atoms with Crippen LogP contribution in [0.1, 0.15) is 22.7 Å². The van der Waals surface area contributed by atoms with Gasteiger partial charge in [0.05, 0.1) is 10.5 Å². The van der Waals surface area contributed by atoms with Crippen LogP contribution in [0.25, 0.3) is 0 Å². The zero-order chi connectivity index (χ0) is 15.6. The summed E-state index contributed by atoms with van der Waals surface area (Å²) in [5.41, 5.74) is 3.15. The van der Waals surface area contributed by atoms with Crippen LogP contribution >= 0.6 is 15.9 Å². The maximum atomic E-state index is 14.2. The second-order valence-electron chi connectivity index (χ2n) is 4.73. The van der Waals surface area contributed by atoms with Gasteiger partial charge in [-0.05, 0) is 52.5 Å². The molecule has 21 heavy (non-hydrogen) atoms. The van der Waals surface area contributed by atoms with Crippen molar-refractivity contribution in [3.8, 4) is 0 Å². The molecule has 0 aliphatic rings. The molecule has 2 aromatic carbocycles. The number of hydrogen-bond acceptors (Lipinski definition) is 2. The van der Waals surface area contributed by atoms with Crippen molar-refractivity contribution in [1.29, 1.82) is 0 Å². The Morgan fingerprint density at radius 2 is 1.86 bits per heavy atom. The summed E-state index contributed by atoms with van der Waals surface area (Å²) in [5.74, 6) is 3.67. The van der Waals surface area contributed by atoms with Crippen LogP contribution in [0.3, 0.4) is 0 Å². The highest BCUT2D eigenvalue weighted by Crippen LogP contribution is 2.29. The van der Waals surface area contributed by atoms with Gasteiger partial charge >= 0.3 is 0 Å². The van der Waals surface area contributed by atoms with Gasteiger partial charge in [-0.3, -0.25) is 11.3 Å². The van der Waals surface area contributed by atoms with Crippen LogP contribution in [0.15, 0.2) is 34.8 Å². The molecule has 6 heteroatoms. The average molecular weight is 359 g/mol.